The molecule has 1 fully saturated rings. The smallest absolute Gasteiger partial charge is 0.183 e. The summed E-state index contributed by atoms with van der Waals surface area (Å²) in [4.78, 5) is 0. The summed E-state index contributed by atoms with van der Waals surface area (Å²) in [5.74, 6) is 2.33. The van der Waals surface area contributed by atoms with E-state index in [-0.39, 0.29) is 6.29 Å². The number of allylic oxidation sites excluding steroid dienone is 1. The van der Waals surface area contributed by atoms with Crippen molar-refractivity contribution in [1.82, 2.24) is 0 Å². The highest BCUT2D eigenvalue weighted by Gasteiger charge is 2.23. The van der Waals surface area contributed by atoms with Gasteiger partial charge in [0.15, 0.2) is 6.29 Å². The van der Waals surface area contributed by atoms with Gasteiger partial charge in [-0.3, -0.25) is 0 Å². The molecule has 0 radical (unpaired) electrons. The van der Waals surface area contributed by atoms with E-state index in [1.54, 1.807) is 0 Å². The quantitative estimate of drug-likeness (QED) is 0.125. The summed E-state index contributed by atoms with van der Waals surface area (Å²) in [6, 6.07) is 17.1. The number of unbranched alkanes of at least 4 members (excludes halogenated alkanes) is 9. The van der Waals surface area contributed by atoms with Crippen LogP contribution >= 0.6 is 0 Å². The van der Waals surface area contributed by atoms with Gasteiger partial charge in [0.05, 0.1) is 19.8 Å². The molecule has 216 valence electrons. The molecule has 2 aromatic rings. The lowest BCUT2D eigenvalue weighted by Gasteiger charge is -2.29. The van der Waals surface area contributed by atoms with Crippen LogP contribution in [0.2, 0.25) is 0 Å². The number of ether oxygens (including phenoxy) is 3. The topological polar surface area (TPSA) is 27.7 Å². The first kappa shape index (κ1) is 31.4. The summed E-state index contributed by atoms with van der Waals surface area (Å²) < 4.78 is 18.2. The minimum atomic E-state index is -0.244. The Morgan fingerprint density at radius 1 is 0.795 bits per heavy atom. The normalized spacial score (nSPS) is 18.1. The largest absolute Gasteiger partial charge is 0.494 e. The molecule has 2 aromatic carbocycles. The molecule has 0 bridgehead atoms. The maximum absolute atomic E-state index is 6.10. The number of rotatable bonds is 20. The Bertz CT molecular complexity index is 881. The molecule has 39 heavy (non-hydrogen) atoms. The van der Waals surface area contributed by atoms with E-state index in [0.29, 0.717) is 5.92 Å². The van der Waals surface area contributed by atoms with E-state index in [1.807, 2.05) is 6.08 Å². The summed E-state index contributed by atoms with van der Waals surface area (Å²) in [7, 11) is 0. The summed E-state index contributed by atoms with van der Waals surface area (Å²) >= 11 is 0. The monoisotopic (exact) mass is 534 g/mol. The van der Waals surface area contributed by atoms with Crippen LogP contribution in [0.4, 0.5) is 0 Å². The fourth-order valence-corrected chi connectivity index (χ4v) is 5.25. The zero-order chi connectivity index (χ0) is 27.5. The van der Waals surface area contributed by atoms with E-state index in [9.17, 15) is 0 Å². The SMILES string of the molecule is C=CCCCCCCCCCC1COC(c2ccc(-c3ccc(OCCCCCC(C)CC)cc3)cc2)OC1. The Kier molecular flexibility index (Phi) is 15.4. The average molecular weight is 535 g/mol. The second-order valence-corrected chi connectivity index (χ2v) is 11.6. The Labute approximate surface area is 239 Å². The number of hydrogen-bond acceptors (Lipinski definition) is 3. The molecule has 1 aliphatic rings. The van der Waals surface area contributed by atoms with Crippen molar-refractivity contribution in [2.24, 2.45) is 11.8 Å². The van der Waals surface area contributed by atoms with Gasteiger partial charge in [-0.2, -0.15) is 0 Å². The van der Waals surface area contributed by atoms with Crippen LogP contribution in [0.5, 0.6) is 5.75 Å². The van der Waals surface area contributed by atoms with Crippen LogP contribution < -0.4 is 4.74 Å². The van der Waals surface area contributed by atoms with Crippen molar-refractivity contribution in [3.05, 3.63) is 66.7 Å². The fraction of sp³-hybridized carbons (Fsp3) is 0.611. The van der Waals surface area contributed by atoms with Crippen LogP contribution in [-0.4, -0.2) is 19.8 Å². The molecule has 0 saturated carbocycles. The Morgan fingerprint density at radius 3 is 2.03 bits per heavy atom. The second kappa shape index (κ2) is 19.1. The number of benzene rings is 2. The van der Waals surface area contributed by atoms with Gasteiger partial charge in [0.2, 0.25) is 0 Å². The van der Waals surface area contributed by atoms with Crippen molar-refractivity contribution in [2.75, 3.05) is 19.8 Å². The molecule has 3 rings (SSSR count). The lowest BCUT2D eigenvalue weighted by atomic mass is 10.00. The van der Waals surface area contributed by atoms with Crippen molar-refractivity contribution in [2.45, 2.75) is 110 Å². The highest BCUT2D eigenvalue weighted by molar-refractivity contribution is 5.64. The summed E-state index contributed by atoms with van der Waals surface area (Å²) in [5, 5.41) is 0. The predicted molar refractivity (Wildman–Crippen MR) is 165 cm³/mol. The molecule has 0 N–H and O–H groups in total. The average Bonchev–Trinajstić information content (AvgIpc) is 2.98. The van der Waals surface area contributed by atoms with E-state index < -0.39 is 0 Å². The van der Waals surface area contributed by atoms with Crippen LogP contribution in [0.15, 0.2) is 61.2 Å². The molecule has 1 aliphatic heterocycles. The first-order valence-electron chi connectivity index (χ1n) is 15.9. The van der Waals surface area contributed by atoms with E-state index in [0.717, 1.165) is 49.9 Å². The van der Waals surface area contributed by atoms with Crippen LogP contribution in [0.3, 0.4) is 0 Å². The molecule has 0 aromatic heterocycles. The van der Waals surface area contributed by atoms with Gasteiger partial charge in [0.25, 0.3) is 0 Å². The van der Waals surface area contributed by atoms with Gasteiger partial charge in [0.1, 0.15) is 5.75 Å². The van der Waals surface area contributed by atoms with Gasteiger partial charge in [-0.15, -0.1) is 6.58 Å². The molecular weight excluding hydrogens is 480 g/mol. The molecule has 1 saturated heterocycles. The first-order chi connectivity index (χ1) is 19.2. The molecular formula is C36H54O3. The summed E-state index contributed by atoms with van der Waals surface area (Å²) in [6.45, 7) is 10.8. The maximum atomic E-state index is 6.10. The van der Waals surface area contributed by atoms with E-state index in [1.165, 1.54) is 88.2 Å². The van der Waals surface area contributed by atoms with Crippen molar-refractivity contribution < 1.29 is 14.2 Å². The van der Waals surface area contributed by atoms with Crippen molar-refractivity contribution in [3.63, 3.8) is 0 Å². The molecule has 0 spiro atoms. The van der Waals surface area contributed by atoms with E-state index >= 15 is 0 Å². The molecule has 3 nitrogen and oxygen atoms in total. The predicted octanol–water partition coefficient (Wildman–Crippen LogP) is 10.7. The zero-order valence-electron chi connectivity index (χ0n) is 24.9. The maximum Gasteiger partial charge on any atom is 0.183 e. The zero-order valence-corrected chi connectivity index (χ0v) is 24.9. The Hall–Kier alpha value is -2.10. The first-order valence-corrected chi connectivity index (χ1v) is 15.9. The molecule has 0 amide bonds. The minimum absolute atomic E-state index is 0.244. The van der Waals surface area contributed by atoms with E-state index in [2.05, 4.69) is 69.0 Å². The van der Waals surface area contributed by atoms with Crippen LogP contribution in [0.1, 0.15) is 116 Å². The van der Waals surface area contributed by atoms with Gasteiger partial charge in [-0.05, 0) is 54.9 Å². The van der Waals surface area contributed by atoms with Gasteiger partial charge >= 0.3 is 0 Å². The van der Waals surface area contributed by atoms with Crippen molar-refractivity contribution >= 4 is 0 Å². The Morgan fingerprint density at radius 2 is 1.38 bits per heavy atom. The van der Waals surface area contributed by atoms with Crippen molar-refractivity contribution in [3.8, 4) is 16.9 Å². The Balaban J connectivity index is 1.29. The third kappa shape index (κ3) is 12.3. The molecule has 1 atom stereocenters. The highest BCUT2D eigenvalue weighted by atomic mass is 16.7. The van der Waals surface area contributed by atoms with E-state index in [4.69, 9.17) is 14.2 Å². The van der Waals surface area contributed by atoms with Gasteiger partial charge < -0.3 is 14.2 Å². The number of hydrogen-bond donors (Lipinski definition) is 0. The third-order valence-electron chi connectivity index (χ3n) is 8.16. The van der Waals surface area contributed by atoms with Gasteiger partial charge in [-0.25, -0.2) is 0 Å². The van der Waals surface area contributed by atoms with Crippen molar-refractivity contribution in [1.29, 1.82) is 0 Å². The fourth-order valence-electron chi connectivity index (χ4n) is 5.25. The van der Waals surface area contributed by atoms with Gasteiger partial charge in [-0.1, -0.05) is 121 Å². The standard InChI is InChI=1S/C36H54O3/c1-4-6-7-8-9-10-11-12-15-18-31-28-38-36(39-29-31)34-21-19-32(20-22-34)33-23-25-35(26-24-33)37-27-16-13-14-17-30(3)5-2/h4,19-26,30-31,36H,1,5-18,27-29H2,2-3H3. The summed E-state index contributed by atoms with van der Waals surface area (Å²) in [6.07, 6.45) is 19.8. The summed E-state index contributed by atoms with van der Waals surface area (Å²) in [5.41, 5.74) is 3.50. The minimum Gasteiger partial charge on any atom is -0.494 e. The highest BCUT2D eigenvalue weighted by Crippen LogP contribution is 2.30. The van der Waals surface area contributed by atoms with Crippen LogP contribution in [-0.2, 0) is 9.47 Å². The molecule has 0 aliphatic carbocycles. The second-order valence-electron chi connectivity index (χ2n) is 11.6. The van der Waals surface area contributed by atoms with Crippen LogP contribution in [0, 0.1) is 11.8 Å². The van der Waals surface area contributed by atoms with Gasteiger partial charge in [0, 0.05) is 11.5 Å². The third-order valence-corrected chi connectivity index (χ3v) is 8.16. The molecule has 3 heteroatoms. The molecule has 1 unspecified atom stereocenters. The lowest BCUT2D eigenvalue weighted by Crippen LogP contribution is -2.27. The molecule has 1 heterocycles. The lowest BCUT2D eigenvalue weighted by molar-refractivity contribution is -0.206. The van der Waals surface area contributed by atoms with Crippen LogP contribution in [0.25, 0.3) is 11.1 Å².